The first-order chi connectivity index (χ1) is 9.81. The minimum absolute atomic E-state index is 0.307. The molecule has 2 N–H and O–H groups in total. The Morgan fingerprint density at radius 3 is 2.48 bits per heavy atom. The third kappa shape index (κ3) is 4.03. The molecule has 0 spiro atoms. The number of carboxylic acid groups (broad SMARTS) is 1. The molecule has 2 rings (SSSR count). The molecule has 1 fully saturated rings. The number of rotatable bonds is 4. The van der Waals surface area contributed by atoms with Crippen LogP contribution in [0.25, 0.3) is 0 Å². The molecule has 0 unspecified atom stereocenters. The zero-order valence-electron chi connectivity index (χ0n) is 11.2. The van der Waals surface area contributed by atoms with E-state index >= 15 is 0 Å². The number of nitrogens with one attached hydrogen (secondary N) is 1. The van der Waals surface area contributed by atoms with E-state index in [1.165, 1.54) is 18.2 Å². The number of ether oxygens (including phenoxy) is 1. The van der Waals surface area contributed by atoms with Crippen LogP contribution in [0.3, 0.4) is 0 Å². The van der Waals surface area contributed by atoms with Gasteiger partial charge in [-0.2, -0.15) is 0 Å². The lowest BCUT2D eigenvalue weighted by Crippen LogP contribution is -2.47. The van der Waals surface area contributed by atoms with E-state index in [1.54, 1.807) is 0 Å². The highest BCUT2D eigenvalue weighted by atomic mass is 19.4. The van der Waals surface area contributed by atoms with Crippen LogP contribution < -0.4 is 10.1 Å². The average molecular weight is 303 g/mol. The van der Waals surface area contributed by atoms with Crippen molar-refractivity contribution in [2.75, 3.05) is 5.32 Å². The Morgan fingerprint density at radius 1 is 1.24 bits per heavy atom. The first-order valence-electron chi connectivity index (χ1n) is 6.68. The quantitative estimate of drug-likeness (QED) is 0.888. The fraction of sp³-hybridized carbons (Fsp3) is 0.500. The molecule has 0 radical (unpaired) electrons. The van der Waals surface area contributed by atoms with Crippen molar-refractivity contribution in [1.29, 1.82) is 0 Å². The molecule has 0 amide bonds. The Hall–Kier alpha value is -1.92. The molecule has 1 aromatic rings. The Bertz CT molecular complexity index is 510. The van der Waals surface area contributed by atoms with Crippen LogP contribution >= 0.6 is 0 Å². The van der Waals surface area contributed by atoms with E-state index in [2.05, 4.69) is 10.1 Å². The van der Waals surface area contributed by atoms with E-state index < -0.39 is 17.9 Å². The SMILES string of the molecule is O=C(O)C1(Nc2cccc(OC(F)(F)F)c2)CCCCC1. The van der Waals surface area contributed by atoms with Gasteiger partial charge in [0.2, 0.25) is 0 Å². The molecule has 4 nitrogen and oxygen atoms in total. The topological polar surface area (TPSA) is 58.6 Å². The van der Waals surface area contributed by atoms with Crippen molar-refractivity contribution >= 4 is 11.7 Å². The lowest BCUT2D eigenvalue weighted by Gasteiger charge is -2.35. The van der Waals surface area contributed by atoms with Crippen molar-refractivity contribution in [2.45, 2.75) is 44.0 Å². The summed E-state index contributed by atoms with van der Waals surface area (Å²) in [5, 5.41) is 12.3. The molecule has 0 heterocycles. The second-order valence-electron chi connectivity index (χ2n) is 5.15. The van der Waals surface area contributed by atoms with Crippen LogP contribution in [0.4, 0.5) is 18.9 Å². The second-order valence-corrected chi connectivity index (χ2v) is 5.15. The molecule has 1 aliphatic rings. The van der Waals surface area contributed by atoms with Gasteiger partial charge in [-0.15, -0.1) is 13.2 Å². The summed E-state index contributed by atoms with van der Waals surface area (Å²) in [5.74, 6) is -1.35. The highest BCUT2D eigenvalue weighted by Crippen LogP contribution is 2.33. The number of aliphatic carboxylic acids is 1. The molecular weight excluding hydrogens is 287 g/mol. The molecule has 0 saturated heterocycles. The van der Waals surface area contributed by atoms with Gasteiger partial charge < -0.3 is 15.2 Å². The first kappa shape index (κ1) is 15.5. The lowest BCUT2D eigenvalue weighted by molar-refractivity contribution is -0.274. The Balaban J connectivity index is 2.17. The van der Waals surface area contributed by atoms with Crippen LogP contribution in [0.2, 0.25) is 0 Å². The van der Waals surface area contributed by atoms with Crippen LogP contribution in [0, 0.1) is 0 Å². The van der Waals surface area contributed by atoms with Crippen LogP contribution in [-0.4, -0.2) is 23.0 Å². The fourth-order valence-electron chi connectivity index (χ4n) is 2.59. The van der Waals surface area contributed by atoms with E-state index in [1.807, 2.05) is 0 Å². The third-order valence-electron chi connectivity index (χ3n) is 3.57. The monoisotopic (exact) mass is 303 g/mol. The normalized spacial score (nSPS) is 18.0. The lowest BCUT2D eigenvalue weighted by atomic mass is 9.81. The summed E-state index contributed by atoms with van der Waals surface area (Å²) < 4.78 is 40.4. The highest BCUT2D eigenvalue weighted by molar-refractivity contribution is 5.83. The third-order valence-corrected chi connectivity index (χ3v) is 3.57. The van der Waals surface area contributed by atoms with Gasteiger partial charge in [0.05, 0.1) is 0 Å². The van der Waals surface area contributed by atoms with Crippen molar-refractivity contribution < 1.29 is 27.8 Å². The van der Waals surface area contributed by atoms with Crippen LogP contribution in [0.5, 0.6) is 5.75 Å². The Morgan fingerprint density at radius 2 is 1.90 bits per heavy atom. The van der Waals surface area contributed by atoms with Gasteiger partial charge in [-0.1, -0.05) is 25.3 Å². The summed E-state index contributed by atoms with van der Waals surface area (Å²) in [4.78, 5) is 11.5. The number of benzene rings is 1. The molecule has 0 aliphatic heterocycles. The maximum Gasteiger partial charge on any atom is 0.573 e. The van der Waals surface area contributed by atoms with Crippen LogP contribution in [0.1, 0.15) is 32.1 Å². The largest absolute Gasteiger partial charge is 0.573 e. The van der Waals surface area contributed by atoms with E-state index in [9.17, 15) is 23.1 Å². The Labute approximate surface area is 119 Å². The van der Waals surface area contributed by atoms with Gasteiger partial charge in [-0.3, -0.25) is 0 Å². The molecule has 1 aromatic carbocycles. The van der Waals surface area contributed by atoms with E-state index in [-0.39, 0.29) is 5.75 Å². The van der Waals surface area contributed by atoms with E-state index in [0.29, 0.717) is 18.5 Å². The van der Waals surface area contributed by atoms with Gasteiger partial charge in [0, 0.05) is 11.8 Å². The standard InChI is InChI=1S/C14H16F3NO3/c15-14(16,17)21-11-6-4-5-10(9-11)18-13(12(19)20)7-2-1-3-8-13/h4-6,9,18H,1-3,7-8H2,(H,19,20). The number of anilines is 1. The molecule has 0 aromatic heterocycles. The van der Waals surface area contributed by atoms with Gasteiger partial charge in [0.1, 0.15) is 11.3 Å². The van der Waals surface area contributed by atoms with Crippen LogP contribution in [0.15, 0.2) is 24.3 Å². The minimum Gasteiger partial charge on any atom is -0.480 e. The number of alkyl halides is 3. The predicted molar refractivity (Wildman–Crippen MR) is 70.2 cm³/mol. The highest BCUT2D eigenvalue weighted by Gasteiger charge is 2.39. The fourth-order valence-corrected chi connectivity index (χ4v) is 2.59. The molecule has 1 aliphatic carbocycles. The van der Waals surface area contributed by atoms with Gasteiger partial charge in [0.15, 0.2) is 0 Å². The smallest absolute Gasteiger partial charge is 0.480 e. The molecule has 116 valence electrons. The maximum atomic E-state index is 12.2. The van der Waals surface area contributed by atoms with Crippen molar-refractivity contribution in [3.05, 3.63) is 24.3 Å². The summed E-state index contributed by atoms with van der Waals surface area (Å²) in [7, 11) is 0. The van der Waals surface area contributed by atoms with Gasteiger partial charge >= 0.3 is 12.3 Å². The Kier molecular flexibility index (Phi) is 4.29. The summed E-state index contributed by atoms with van der Waals surface area (Å²) >= 11 is 0. The molecule has 21 heavy (non-hydrogen) atoms. The molecular formula is C14H16F3NO3. The number of hydrogen-bond acceptors (Lipinski definition) is 3. The van der Waals surface area contributed by atoms with Crippen molar-refractivity contribution in [3.63, 3.8) is 0 Å². The summed E-state index contributed by atoms with van der Waals surface area (Å²) in [6.07, 6.45) is -1.35. The summed E-state index contributed by atoms with van der Waals surface area (Å²) in [5.41, 5.74) is -0.809. The molecule has 7 heteroatoms. The van der Waals surface area contributed by atoms with Crippen molar-refractivity contribution in [1.82, 2.24) is 0 Å². The molecule has 1 saturated carbocycles. The van der Waals surface area contributed by atoms with Gasteiger partial charge in [0.25, 0.3) is 0 Å². The van der Waals surface area contributed by atoms with Crippen LogP contribution in [-0.2, 0) is 4.79 Å². The number of halogens is 3. The molecule has 0 atom stereocenters. The predicted octanol–water partition coefficient (Wildman–Crippen LogP) is 3.78. The average Bonchev–Trinajstić information content (AvgIpc) is 2.38. The zero-order chi connectivity index (χ0) is 15.5. The maximum absolute atomic E-state index is 12.2. The number of hydrogen-bond donors (Lipinski definition) is 2. The summed E-state index contributed by atoms with van der Waals surface area (Å²) in [6.45, 7) is 0. The summed E-state index contributed by atoms with van der Waals surface area (Å²) in [6, 6.07) is 5.25. The van der Waals surface area contributed by atoms with E-state index in [0.717, 1.165) is 25.3 Å². The van der Waals surface area contributed by atoms with Gasteiger partial charge in [-0.05, 0) is 25.0 Å². The number of carbonyl (C=O) groups is 1. The zero-order valence-corrected chi connectivity index (χ0v) is 11.2. The first-order valence-corrected chi connectivity index (χ1v) is 6.68. The van der Waals surface area contributed by atoms with E-state index in [4.69, 9.17) is 0 Å². The minimum atomic E-state index is -4.77. The second kappa shape index (κ2) is 5.83. The molecule has 0 bridgehead atoms. The number of carboxylic acids is 1. The van der Waals surface area contributed by atoms with Crippen molar-refractivity contribution in [3.8, 4) is 5.75 Å². The van der Waals surface area contributed by atoms with Gasteiger partial charge in [-0.25, -0.2) is 4.79 Å². The van der Waals surface area contributed by atoms with Crippen molar-refractivity contribution in [2.24, 2.45) is 0 Å².